The van der Waals surface area contributed by atoms with Gasteiger partial charge in [0.1, 0.15) is 5.82 Å². The van der Waals surface area contributed by atoms with Crippen LogP contribution in [0.2, 0.25) is 0 Å². The van der Waals surface area contributed by atoms with Crippen LogP contribution in [0.4, 0.5) is 5.69 Å². The van der Waals surface area contributed by atoms with Crippen LogP contribution in [-0.4, -0.2) is 18.0 Å². The number of hydrogen-bond acceptors (Lipinski definition) is 3. The molecule has 0 aliphatic carbocycles. The largest absolute Gasteiger partial charge is 0.328 e. The fourth-order valence-electron chi connectivity index (χ4n) is 3.57. The van der Waals surface area contributed by atoms with E-state index in [-0.39, 0.29) is 4.90 Å². The van der Waals surface area contributed by atoms with Crippen molar-refractivity contribution in [1.82, 2.24) is 9.55 Å². The molecule has 2 aromatic carbocycles. The minimum Gasteiger partial charge on any atom is -0.328 e. The third-order valence-corrected chi connectivity index (χ3v) is 6.30. The van der Waals surface area contributed by atoms with Gasteiger partial charge in [-0.15, -0.1) is 0 Å². The average molecular weight is 382 g/mol. The molecule has 2 heterocycles. The molecule has 1 aromatic heterocycles. The molecule has 0 fully saturated rings. The predicted molar refractivity (Wildman–Crippen MR) is 107 cm³/mol. The average Bonchev–Trinajstić information content (AvgIpc) is 3.26. The fraction of sp³-hybridized carbons (Fsp3) is 0.286. The monoisotopic (exact) mass is 381 g/mol. The minimum absolute atomic E-state index is 0.276. The molecule has 27 heavy (non-hydrogen) atoms. The molecule has 5 nitrogen and oxygen atoms in total. The second-order valence-corrected chi connectivity index (χ2v) is 8.58. The van der Waals surface area contributed by atoms with Crippen LogP contribution in [0.25, 0.3) is 11.3 Å². The lowest BCUT2D eigenvalue weighted by atomic mass is 10.1. The number of benzene rings is 2. The van der Waals surface area contributed by atoms with Gasteiger partial charge in [0.25, 0.3) is 10.0 Å². The summed E-state index contributed by atoms with van der Waals surface area (Å²) in [6.07, 6.45) is 5.96. The van der Waals surface area contributed by atoms with Crippen molar-refractivity contribution in [3.8, 4) is 11.3 Å². The number of nitrogens with one attached hydrogen (secondary N) is 1. The lowest BCUT2D eigenvalue weighted by Crippen LogP contribution is -2.13. The van der Waals surface area contributed by atoms with Crippen LogP contribution in [0.15, 0.2) is 59.6 Å². The summed E-state index contributed by atoms with van der Waals surface area (Å²) >= 11 is 0. The Bertz CT molecular complexity index is 1050. The summed E-state index contributed by atoms with van der Waals surface area (Å²) in [5, 5.41) is 0. The number of aromatic nitrogens is 2. The standard InChI is InChI=1S/C21H23N3O2S/c1-2-5-16-9-11-19(12-10-16)27(25,26)23-18-7-3-6-17(14-18)20-15-22-21-8-4-13-24(20)21/h3,6-7,9-12,14-15,23H,2,4-5,8,13H2,1H3. The molecular weight excluding hydrogens is 358 g/mol. The molecule has 0 unspecified atom stereocenters. The summed E-state index contributed by atoms with van der Waals surface area (Å²) in [5.74, 6) is 1.10. The number of hydrogen-bond donors (Lipinski definition) is 1. The Labute approximate surface area is 160 Å². The highest BCUT2D eigenvalue weighted by atomic mass is 32.2. The molecule has 0 saturated carbocycles. The van der Waals surface area contributed by atoms with Gasteiger partial charge in [-0.05, 0) is 42.7 Å². The Balaban J connectivity index is 1.58. The molecule has 0 bridgehead atoms. The van der Waals surface area contributed by atoms with Crippen LogP contribution < -0.4 is 4.72 Å². The first-order chi connectivity index (χ1) is 13.1. The van der Waals surface area contributed by atoms with Crippen LogP contribution >= 0.6 is 0 Å². The summed E-state index contributed by atoms with van der Waals surface area (Å²) in [7, 11) is -3.61. The van der Waals surface area contributed by atoms with Gasteiger partial charge in [0, 0.05) is 24.2 Å². The first kappa shape index (κ1) is 17.8. The van der Waals surface area contributed by atoms with Crippen molar-refractivity contribution in [2.24, 2.45) is 0 Å². The van der Waals surface area contributed by atoms with Gasteiger partial charge in [-0.1, -0.05) is 37.6 Å². The van der Waals surface area contributed by atoms with E-state index in [0.29, 0.717) is 5.69 Å². The Morgan fingerprint density at radius 2 is 1.96 bits per heavy atom. The highest BCUT2D eigenvalue weighted by Crippen LogP contribution is 2.28. The van der Waals surface area contributed by atoms with E-state index in [1.807, 2.05) is 36.5 Å². The smallest absolute Gasteiger partial charge is 0.261 e. The number of anilines is 1. The molecule has 1 aliphatic rings. The van der Waals surface area contributed by atoms with Gasteiger partial charge in [-0.25, -0.2) is 13.4 Å². The van der Waals surface area contributed by atoms with Crippen LogP contribution in [0.1, 0.15) is 31.2 Å². The maximum absolute atomic E-state index is 12.7. The second kappa shape index (κ2) is 7.19. The van der Waals surface area contributed by atoms with Gasteiger partial charge in [-0.2, -0.15) is 0 Å². The number of sulfonamides is 1. The number of imidazole rings is 1. The molecule has 4 rings (SSSR count). The third-order valence-electron chi connectivity index (χ3n) is 4.90. The summed E-state index contributed by atoms with van der Waals surface area (Å²) in [4.78, 5) is 4.75. The Morgan fingerprint density at radius 1 is 1.15 bits per heavy atom. The molecule has 0 radical (unpaired) electrons. The molecule has 0 amide bonds. The lowest BCUT2D eigenvalue weighted by molar-refractivity contribution is 0.601. The van der Waals surface area contributed by atoms with Crippen molar-refractivity contribution < 1.29 is 8.42 Å². The Kier molecular flexibility index (Phi) is 4.74. The molecule has 0 spiro atoms. The maximum atomic E-state index is 12.7. The van der Waals surface area contributed by atoms with Crippen molar-refractivity contribution in [3.05, 3.63) is 66.1 Å². The maximum Gasteiger partial charge on any atom is 0.261 e. The van der Waals surface area contributed by atoms with Crippen LogP contribution in [0.3, 0.4) is 0 Å². The van der Waals surface area contributed by atoms with Crippen molar-refractivity contribution in [1.29, 1.82) is 0 Å². The van der Waals surface area contributed by atoms with Crippen molar-refractivity contribution in [2.45, 2.75) is 44.0 Å². The number of rotatable bonds is 6. The highest BCUT2D eigenvalue weighted by Gasteiger charge is 2.18. The van der Waals surface area contributed by atoms with Gasteiger partial charge in [0.2, 0.25) is 0 Å². The van der Waals surface area contributed by atoms with Crippen LogP contribution in [0.5, 0.6) is 0 Å². The van der Waals surface area contributed by atoms with E-state index >= 15 is 0 Å². The topological polar surface area (TPSA) is 64.0 Å². The minimum atomic E-state index is -3.61. The van der Waals surface area contributed by atoms with E-state index in [0.717, 1.165) is 54.9 Å². The second-order valence-electron chi connectivity index (χ2n) is 6.90. The lowest BCUT2D eigenvalue weighted by Gasteiger charge is -2.11. The van der Waals surface area contributed by atoms with E-state index in [1.54, 1.807) is 18.2 Å². The SMILES string of the molecule is CCCc1ccc(S(=O)(=O)Nc2cccc(-c3cnc4n3CCC4)c2)cc1. The van der Waals surface area contributed by atoms with Gasteiger partial charge in [0.15, 0.2) is 0 Å². The van der Waals surface area contributed by atoms with E-state index < -0.39 is 10.0 Å². The summed E-state index contributed by atoms with van der Waals surface area (Å²) in [6, 6.07) is 14.6. The summed E-state index contributed by atoms with van der Waals surface area (Å²) in [6.45, 7) is 3.07. The first-order valence-electron chi connectivity index (χ1n) is 9.33. The van der Waals surface area contributed by atoms with Crippen LogP contribution in [0, 0.1) is 0 Å². The summed E-state index contributed by atoms with van der Waals surface area (Å²) in [5.41, 5.74) is 3.70. The predicted octanol–water partition coefficient (Wildman–Crippen LogP) is 4.25. The molecule has 0 atom stereocenters. The Hall–Kier alpha value is -2.60. The van der Waals surface area contributed by atoms with E-state index in [4.69, 9.17) is 0 Å². The number of aryl methyl sites for hydroxylation is 2. The van der Waals surface area contributed by atoms with Crippen molar-refractivity contribution >= 4 is 15.7 Å². The molecule has 3 aromatic rings. The first-order valence-corrected chi connectivity index (χ1v) is 10.8. The number of fused-ring (bicyclic) bond motifs is 1. The van der Waals surface area contributed by atoms with Crippen molar-refractivity contribution in [2.75, 3.05) is 4.72 Å². The quantitative estimate of drug-likeness (QED) is 0.694. The third kappa shape index (κ3) is 3.62. The van der Waals surface area contributed by atoms with E-state index in [9.17, 15) is 8.42 Å². The number of nitrogens with zero attached hydrogens (tertiary/aromatic N) is 2. The zero-order chi connectivity index (χ0) is 18.9. The fourth-order valence-corrected chi connectivity index (χ4v) is 4.62. The van der Waals surface area contributed by atoms with E-state index in [1.165, 1.54) is 0 Å². The van der Waals surface area contributed by atoms with E-state index in [2.05, 4.69) is 21.2 Å². The summed E-state index contributed by atoms with van der Waals surface area (Å²) < 4.78 is 30.4. The molecule has 140 valence electrons. The Morgan fingerprint density at radius 3 is 2.74 bits per heavy atom. The molecular formula is C21H23N3O2S. The molecule has 6 heteroatoms. The van der Waals surface area contributed by atoms with Crippen LogP contribution in [-0.2, 0) is 29.4 Å². The molecule has 1 N–H and O–H groups in total. The zero-order valence-electron chi connectivity index (χ0n) is 15.4. The molecule has 0 saturated heterocycles. The van der Waals surface area contributed by atoms with Gasteiger partial charge < -0.3 is 4.57 Å². The van der Waals surface area contributed by atoms with Crippen molar-refractivity contribution in [3.63, 3.8) is 0 Å². The highest BCUT2D eigenvalue weighted by molar-refractivity contribution is 7.92. The van der Waals surface area contributed by atoms with Gasteiger partial charge in [0.05, 0.1) is 16.8 Å². The van der Waals surface area contributed by atoms with Gasteiger partial charge >= 0.3 is 0 Å². The normalized spacial score (nSPS) is 13.5. The zero-order valence-corrected chi connectivity index (χ0v) is 16.2. The van der Waals surface area contributed by atoms with Gasteiger partial charge in [-0.3, -0.25) is 4.72 Å². The molecule has 1 aliphatic heterocycles.